The number of Topliss-reactive ketones (excluding diaryl/α,β-unsaturated/α-hetero) is 1. The summed E-state index contributed by atoms with van der Waals surface area (Å²) in [6.07, 6.45) is 4.28. The van der Waals surface area contributed by atoms with E-state index < -0.39 is 46.8 Å². The number of imide groups is 1. The van der Waals surface area contributed by atoms with Crippen molar-refractivity contribution in [2.45, 2.75) is 12.8 Å². The smallest absolute Gasteiger partial charge is 0.274 e. The number of carbonyl (C=O) groups is 4. The average molecular weight is 502 g/mol. The predicted octanol–water partition coefficient (Wildman–Crippen LogP) is 4.09. The topological polar surface area (TPSA) is 118 Å². The number of hydrogen-bond donors (Lipinski definition) is 0. The highest BCUT2D eigenvalue weighted by Gasteiger charge is 2.51. The molecule has 2 aromatic carbocycles. The number of benzene rings is 2. The number of allylic oxidation sites excluding steroid dienone is 2. The number of non-ortho nitro benzene ring substituents is 1. The molecule has 174 valence electrons. The number of rotatable bonds is 6. The lowest BCUT2D eigenvalue weighted by Gasteiger charge is -2.30. The molecule has 0 radical (unpaired) electrons. The second kappa shape index (κ2) is 9.36. The Balaban J connectivity index is 1.72. The van der Waals surface area contributed by atoms with Gasteiger partial charge < -0.3 is 0 Å². The van der Waals surface area contributed by atoms with E-state index in [0.717, 1.165) is 11.1 Å². The fourth-order valence-corrected chi connectivity index (χ4v) is 4.57. The molecule has 1 aliphatic heterocycles. The van der Waals surface area contributed by atoms with Crippen molar-refractivity contribution in [3.8, 4) is 0 Å². The Kier molecular flexibility index (Phi) is 6.49. The summed E-state index contributed by atoms with van der Waals surface area (Å²) < 4.78 is 0. The van der Waals surface area contributed by atoms with Gasteiger partial charge in [0.05, 0.1) is 27.3 Å². The van der Waals surface area contributed by atoms with E-state index in [1.807, 2.05) is 0 Å². The van der Waals surface area contributed by atoms with Crippen molar-refractivity contribution in [3.63, 3.8) is 0 Å². The van der Waals surface area contributed by atoms with E-state index in [2.05, 4.69) is 0 Å². The molecule has 3 amide bonds. The van der Waals surface area contributed by atoms with E-state index in [4.69, 9.17) is 23.2 Å². The zero-order chi connectivity index (χ0) is 24.6. The van der Waals surface area contributed by atoms with Crippen LogP contribution < -0.4 is 0 Å². The third-order valence-electron chi connectivity index (χ3n) is 5.79. The number of nitro benzene ring substituents is 1. The van der Waals surface area contributed by atoms with Crippen molar-refractivity contribution in [2.75, 3.05) is 6.54 Å². The molecule has 11 heteroatoms. The first kappa shape index (κ1) is 23.6. The Bertz CT molecular complexity index is 1240. The molecule has 0 bridgehead atoms. The summed E-state index contributed by atoms with van der Waals surface area (Å²) >= 11 is 12.1. The zero-order valence-electron chi connectivity index (χ0n) is 17.5. The van der Waals surface area contributed by atoms with Crippen molar-refractivity contribution in [2.24, 2.45) is 11.8 Å². The number of nitro groups is 1. The lowest BCUT2D eigenvalue weighted by Crippen LogP contribution is -2.52. The molecule has 0 N–H and O–H groups in total. The predicted molar refractivity (Wildman–Crippen MR) is 122 cm³/mol. The number of fused-ring (bicyclic) bond motifs is 1. The fraction of sp³-hybridized carbons (Fsp3) is 0.217. The number of hydrogen-bond acceptors (Lipinski definition) is 6. The van der Waals surface area contributed by atoms with Crippen LogP contribution in [0.4, 0.5) is 5.69 Å². The van der Waals surface area contributed by atoms with Gasteiger partial charge in [-0.3, -0.25) is 29.3 Å². The van der Waals surface area contributed by atoms with Crippen LogP contribution in [0.5, 0.6) is 0 Å². The third-order valence-corrected chi connectivity index (χ3v) is 6.34. The first-order valence-corrected chi connectivity index (χ1v) is 11.0. The zero-order valence-corrected chi connectivity index (χ0v) is 19.0. The van der Waals surface area contributed by atoms with E-state index in [9.17, 15) is 29.3 Å². The van der Waals surface area contributed by atoms with Crippen LogP contribution in [0.3, 0.4) is 0 Å². The summed E-state index contributed by atoms with van der Waals surface area (Å²) in [5.41, 5.74) is -0.422. The maximum absolute atomic E-state index is 13.5. The van der Waals surface area contributed by atoms with Gasteiger partial charge in [0.2, 0.25) is 0 Å². The Hall–Kier alpha value is -3.56. The molecule has 1 fully saturated rings. The molecule has 0 spiro atoms. The van der Waals surface area contributed by atoms with E-state index in [1.165, 1.54) is 36.4 Å². The van der Waals surface area contributed by atoms with E-state index in [1.54, 1.807) is 12.2 Å². The van der Waals surface area contributed by atoms with Gasteiger partial charge in [0.25, 0.3) is 23.4 Å². The molecular weight excluding hydrogens is 485 g/mol. The average Bonchev–Trinajstić information content (AvgIpc) is 3.07. The highest BCUT2D eigenvalue weighted by atomic mass is 35.5. The molecule has 2 atom stereocenters. The molecule has 0 unspecified atom stereocenters. The highest BCUT2D eigenvalue weighted by Crippen LogP contribution is 2.36. The van der Waals surface area contributed by atoms with Crippen molar-refractivity contribution >= 4 is 52.4 Å². The molecule has 1 saturated heterocycles. The van der Waals surface area contributed by atoms with Crippen molar-refractivity contribution in [3.05, 3.63) is 85.9 Å². The number of carbonyl (C=O) groups excluding carboxylic acids is 4. The van der Waals surface area contributed by atoms with Gasteiger partial charge in [0.15, 0.2) is 5.78 Å². The number of ketones is 1. The summed E-state index contributed by atoms with van der Waals surface area (Å²) in [5.74, 6) is -4.01. The monoisotopic (exact) mass is 501 g/mol. The number of nitrogens with zero attached hydrogens (tertiary/aromatic N) is 3. The lowest BCUT2D eigenvalue weighted by atomic mass is 9.85. The van der Waals surface area contributed by atoms with Gasteiger partial charge in [-0.15, -0.1) is 0 Å². The van der Waals surface area contributed by atoms with Crippen LogP contribution in [0.2, 0.25) is 10.0 Å². The van der Waals surface area contributed by atoms with Crippen LogP contribution in [0.1, 0.15) is 33.6 Å². The van der Waals surface area contributed by atoms with Crippen LogP contribution in [0, 0.1) is 22.0 Å². The Labute approximate surface area is 203 Å². The molecule has 2 aromatic rings. The van der Waals surface area contributed by atoms with Crippen LogP contribution in [0.15, 0.2) is 54.6 Å². The minimum Gasteiger partial charge on any atom is -0.292 e. The molecule has 0 saturated carbocycles. The Morgan fingerprint density at radius 1 is 1.03 bits per heavy atom. The molecule has 1 heterocycles. The van der Waals surface area contributed by atoms with Gasteiger partial charge in [-0.2, -0.15) is 5.01 Å². The standard InChI is InChI=1S/C23H17Cl2N3O6/c24-14-8-9-18(19(25)11-14)21(30)26(12-20(29)13-4-3-5-15(10-13)28(33)34)27-22(31)16-6-1-2-7-17(16)23(27)32/h1-5,8-11,16-17H,6-7,12H2/t16-,17-/m0/s1. The summed E-state index contributed by atoms with van der Waals surface area (Å²) in [7, 11) is 0. The fourth-order valence-electron chi connectivity index (χ4n) is 4.08. The summed E-state index contributed by atoms with van der Waals surface area (Å²) in [4.78, 5) is 63.3. The molecule has 34 heavy (non-hydrogen) atoms. The normalized spacial score (nSPS) is 19.2. The summed E-state index contributed by atoms with van der Waals surface area (Å²) in [6, 6.07) is 9.05. The second-order valence-electron chi connectivity index (χ2n) is 7.86. The SMILES string of the molecule is O=C(CN(C(=O)c1ccc(Cl)cc1Cl)N1C(=O)[C@H]2CC=CC[C@@H]2C1=O)c1cccc([N+](=O)[O-])c1. The molecule has 9 nitrogen and oxygen atoms in total. The molecule has 0 aromatic heterocycles. The third kappa shape index (κ3) is 4.32. The second-order valence-corrected chi connectivity index (χ2v) is 8.71. The lowest BCUT2D eigenvalue weighted by molar-refractivity contribution is -0.384. The van der Waals surface area contributed by atoms with Crippen LogP contribution >= 0.6 is 23.2 Å². The first-order chi connectivity index (χ1) is 16.2. The minimum absolute atomic E-state index is 0.0246. The molecule has 4 rings (SSSR count). The summed E-state index contributed by atoms with van der Waals surface area (Å²) in [6.45, 7) is -0.705. The quantitative estimate of drug-likeness (QED) is 0.193. The minimum atomic E-state index is -0.853. The van der Waals surface area contributed by atoms with E-state index in [0.29, 0.717) is 17.9 Å². The Morgan fingerprint density at radius 2 is 1.68 bits per heavy atom. The van der Waals surface area contributed by atoms with Crippen molar-refractivity contribution in [1.82, 2.24) is 10.0 Å². The number of hydrazine groups is 1. The van der Waals surface area contributed by atoms with Gasteiger partial charge in [0, 0.05) is 22.7 Å². The molecule has 2 aliphatic rings. The van der Waals surface area contributed by atoms with Gasteiger partial charge in [-0.25, -0.2) is 5.01 Å². The maximum Gasteiger partial charge on any atom is 0.274 e. The first-order valence-electron chi connectivity index (χ1n) is 10.3. The van der Waals surface area contributed by atoms with Crippen molar-refractivity contribution in [1.29, 1.82) is 0 Å². The van der Waals surface area contributed by atoms with E-state index >= 15 is 0 Å². The van der Waals surface area contributed by atoms with Gasteiger partial charge >= 0.3 is 0 Å². The highest BCUT2D eigenvalue weighted by molar-refractivity contribution is 6.36. The van der Waals surface area contributed by atoms with Gasteiger partial charge in [-0.1, -0.05) is 47.5 Å². The number of halogens is 2. The van der Waals surface area contributed by atoms with Gasteiger partial charge in [0.1, 0.15) is 6.54 Å². The largest absolute Gasteiger partial charge is 0.292 e. The summed E-state index contributed by atoms with van der Waals surface area (Å²) in [5, 5.41) is 12.8. The van der Waals surface area contributed by atoms with Gasteiger partial charge in [-0.05, 0) is 31.0 Å². The number of amides is 3. The van der Waals surface area contributed by atoms with E-state index in [-0.39, 0.29) is 26.9 Å². The van der Waals surface area contributed by atoms with Crippen LogP contribution in [-0.4, -0.2) is 45.0 Å². The molecular formula is C23H17Cl2N3O6. The maximum atomic E-state index is 13.5. The van der Waals surface area contributed by atoms with Crippen LogP contribution in [-0.2, 0) is 9.59 Å². The Morgan fingerprint density at radius 3 is 2.26 bits per heavy atom. The molecule has 1 aliphatic carbocycles. The van der Waals surface area contributed by atoms with Crippen LogP contribution in [0.25, 0.3) is 0 Å². The van der Waals surface area contributed by atoms with Crippen molar-refractivity contribution < 1.29 is 24.1 Å².